The van der Waals surface area contributed by atoms with Crippen LogP contribution in [0, 0.1) is 5.41 Å². The topological polar surface area (TPSA) is 0 Å². The van der Waals surface area contributed by atoms with E-state index in [0.717, 1.165) is 0 Å². The fourth-order valence-corrected chi connectivity index (χ4v) is 5.87. The second-order valence-electron chi connectivity index (χ2n) is 6.94. The largest absolute Gasteiger partial charge is 0.0832 e. The standard InChI is InChI=1S/C20H23Br/c1-2-20(12-3-4-13-20)19(21)17-11-10-15-9-8-14-6-5-7-16(17)18(14)15/h5-7,10-11,19H,2-4,8-9,12-13H2,1H3. The van der Waals surface area contributed by atoms with Crippen molar-refractivity contribution < 1.29 is 0 Å². The SMILES string of the molecule is CCC1(C(Br)c2ccc3c4c(cccc24)CC3)CCCC1. The summed E-state index contributed by atoms with van der Waals surface area (Å²) in [5.41, 5.74) is 5.11. The lowest BCUT2D eigenvalue weighted by Crippen LogP contribution is -2.21. The average Bonchev–Trinajstić information content (AvgIpc) is 3.16. The lowest BCUT2D eigenvalue weighted by Gasteiger charge is -2.34. The summed E-state index contributed by atoms with van der Waals surface area (Å²) in [7, 11) is 0. The Morgan fingerprint density at radius 2 is 1.76 bits per heavy atom. The molecule has 4 rings (SSSR count). The first kappa shape index (κ1) is 13.8. The summed E-state index contributed by atoms with van der Waals surface area (Å²) in [6, 6.07) is 11.7. The van der Waals surface area contributed by atoms with Gasteiger partial charge in [-0.1, -0.05) is 66.0 Å². The fraction of sp³-hybridized carbons (Fsp3) is 0.500. The van der Waals surface area contributed by atoms with E-state index >= 15 is 0 Å². The van der Waals surface area contributed by atoms with Crippen molar-refractivity contribution in [3.05, 3.63) is 47.0 Å². The second-order valence-corrected chi connectivity index (χ2v) is 7.85. The summed E-state index contributed by atoms with van der Waals surface area (Å²) in [6.07, 6.45) is 9.29. The molecule has 0 aliphatic heterocycles. The molecule has 2 aromatic rings. The number of aryl methyl sites for hydroxylation is 2. The summed E-state index contributed by atoms with van der Waals surface area (Å²) in [5, 5.41) is 3.06. The molecule has 0 nitrogen and oxygen atoms in total. The van der Waals surface area contributed by atoms with Gasteiger partial charge in [0.1, 0.15) is 0 Å². The second kappa shape index (κ2) is 5.12. The van der Waals surface area contributed by atoms with Crippen molar-refractivity contribution in [3.8, 4) is 0 Å². The van der Waals surface area contributed by atoms with E-state index in [4.69, 9.17) is 0 Å². The number of halogens is 1. The van der Waals surface area contributed by atoms with Crippen molar-refractivity contribution in [2.75, 3.05) is 0 Å². The van der Waals surface area contributed by atoms with Crippen LogP contribution in [0.4, 0.5) is 0 Å². The van der Waals surface area contributed by atoms with Crippen LogP contribution in [-0.4, -0.2) is 0 Å². The summed E-state index contributed by atoms with van der Waals surface area (Å²) in [4.78, 5) is 0.502. The van der Waals surface area contributed by atoms with E-state index in [-0.39, 0.29) is 0 Å². The van der Waals surface area contributed by atoms with Gasteiger partial charge in [0.15, 0.2) is 0 Å². The van der Waals surface area contributed by atoms with Crippen LogP contribution < -0.4 is 0 Å². The molecule has 2 aliphatic carbocycles. The first-order valence-electron chi connectivity index (χ1n) is 8.43. The molecule has 110 valence electrons. The molecule has 1 atom stereocenters. The van der Waals surface area contributed by atoms with Crippen molar-refractivity contribution in [2.45, 2.75) is 56.7 Å². The Morgan fingerprint density at radius 3 is 2.48 bits per heavy atom. The zero-order valence-electron chi connectivity index (χ0n) is 12.8. The minimum atomic E-state index is 0.471. The highest BCUT2D eigenvalue weighted by Crippen LogP contribution is 2.55. The third-order valence-corrected chi connectivity index (χ3v) is 7.49. The summed E-state index contributed by atoms with van der Waals surface area (Å²) < 4.78 is 0. The van der Waals surface area contributed by atoms with E-state index in [2.05, 4.69) is 53.2 Å². The lowest BCUT2D eigenvalue weighted by atomic mass is 9.76. The first-order valence-corrected chi connectivity index (χ1v) is 9.34. The van der Waals surface area contributed by atoms with Crippen LogP contribution in [0.3, 0.4) is 0 Å². The Bertz CT molecular complexity index is 669. The Kier molecular flexibility index (Phi) is 3.37. The fourth-order valence-electron chi connectivity index (χ4n) is 4.69. The monoisotopic (exact) mass is 342 g/mol. The van der Waals surface area contributed by atoms with Crippen LogP contribution in [0.2, 0.25) is 0 Å². The van der Waals surface area contributed by atoms with Gasteiger partial charge in [-0.15, -0.1) is 0 Å². The third kappa shape index (κ3) is 2.00. The molecule has 0 bridgehead atoms. The van der Waals surface area contributed by atoms with Crippen LogP contribution in [0.25, 0.3) is 10.8 Å². The van der Waals surface area contributed by atoms with E-state index in [1.807, 2.05) is 0 Å². The lowest BCUT2D eigenvalue weighted by molar-refractivity contribution is 0.280. The molecular weight excluding hydrogens is 320 g/mol. The van der Waals surface area contributed by atoms with Crippen LogP contribution in [-0.2, 0) is 12.8 Å². The van der Waals surface area contributed by atoms with Crippen LogP contribution in [0.15, 0.2) is 30.3 Å². The first-order chi connectivity index (χ1) is 10.2. The van der Waals surface area contributed by atoms with E-state index in [0.29, 0.717) is 10.2 Å². The Balaban J connectivity index is 1.88. The quantitative estimate of drug-likeness (QED) is 0.570. The molecule has 1 saturated carbocycles. The van der Waals surface area contributed by atoms with Gasteiger partial charge in [-0.3, -0.25) is 0 Å². The smallest absolute Gasteiger partial charge is 0.0457 e. The molecule has 2 aliphatic rings. The van der Waals surface area contributed by atoms with E-state index in [1.165, 1.54) is 55.9 Å². The molecule has 1 heteroatoms. The summed E-state index contributed by atoms with van der Waals surface area (Å²) in [5.74, 6) is 0. The number of benzene rings is 2. The molecule has 0 spiro atoms. The Morgan fingerprint density at radius 1 is 1.05 bits per heavy atom. The number of alkyl halides is 1. The Hall–Kier alpha value is -0.820. The summed E-state index contributed by atoms with van der Waals surface area (Å²) >= 11 is 4.12. The molecule has 1 unspecified atom stereocenters. The van der Waals surface area contributed by atoms with Crippen molar-refractivity contribution in [3.63, 3.8) is 0 Å². The zero-order chi connectivity index (χ0) is 14.4. The average molecular weight is 343 g/mol. The highest BCUT2D eigenvalue weighted by atomic mass is 79.9. The van der Waals surface area contributed by atoms with Crippen molar-refractivity contribution in [2.24, 2.45) is 5.41 Å². The molecular formula is C20H23Br. The maximum Gasteiger partial charge on any atom is 0.0457 e. The minimum absolute atomic E-state index is 0.471. The van der Waals surface area contributed by atoms with E-state index < -0.39 is 0 Å². The molecule has 0 N–H and O–H groups in total. The van der Waals surface area contributed by atoms with Gasteiger partial charge in [0.25, 0.3) is 0 Å². The number of rotatable bonds is 3. The van der Waals surface area contributed by atoms with Crippen molar-refractivity contribution >= 4 is 26.7 Å². The van der Waals surface area contributed by atoms with Gasteiger partial charge in [0.05, 0.1) is 0 Å². The molecule has 0 heterocycles. The zero-order valence-corrected chi connectivity index (χ0v) is 14.4. The molecule has 0 amide bonds. The molecule has 0 saturated heterocycles. The van der Waals surface area contributed by atoms with Crippen molar-refractivity contribution in [1.29, 1.82) is 0 Å². The van der Waals surface area contributed by atoms with Crippen LogP contribution in [0.1, 0.15) is 60.5 Å². The maximum atomic E-state index is 4.12. The van der Waals surface area contributed by atoms with E-state index in [9.17, 15) is 0 Å². The van der Waals surface area contributed by atoms with Gasteiger partial charge >= 0.3 is 0 Å². The third-order valence-electron chi connectivity index (χ3n) is 6.02. The molecule has 0 radical (unpaired) electrons. The van der Waals surface area contributed by atoms with Gasteiger partial charge in [-0.05, 0) is 65.0 Å². The molecule has 2 aromatic carbocycles. The number of hydrogen-bond donors (Lipinski definition) is 0. The van der Waals surface area contributed by atoms with Gasteiger partial charge in [0, 0.05) is 4.83 Å². The van der Waals surface area contributed by atoms with E-state index in [1.54, 1.807) is 16.5 Å². The predicted molar refractivity (Wildman–Crippen MR) is 94.2 cm³/mol. The molecule has 1 fully saturated rings. The Labute approximate surface area is 136 Å². The van der Waals surface area contributed by atoms with Gasteiger partial charge < -0.3 is 0 Å². The van der Waals surface area contributed by atoms with Gasteiger partial charge in [-0.2, -0.15) is 0 Å². The van der Waals surface area contributed by atoms with Crippen LogP contribution >= 0.6 is 15.9 Å². The molecule has 21 heavy (non-hydrogen) atoms. The molecule has 0 aromatic heterocycles. The summed E-state index contributed by atoms with van der Waals surface area (Å²) in [6.45, 7) is 2.37. The normalized spacial score (nSPS) is 21.0. The maximum absolute atomic E-state index is 4.12. The minimum Gasteiger partial charge on any atom is -0.0832 e. The highest BCUT2D eigenvalue weighted by Gasteiger charge is 2.40. The van der Waals surface area contributed by atoms with Crippen molar-refractivity contribution in [1.82, 2.24) is 0 Å². The highest BCUT2D eigenvalue weighted by molar-refractivity contribution is 9.09. The van der Waals surface area contributed by atoms with Gasteiger partial charge in [-0.25, -0.2) is 0 Å². The van der Waals surface area contributed by atoms with Gasteiger partial charge in [0.2, 0.25) is 0 Å². The van der Waals surface area contributed by atoms with Crippen LogP contribution in [0.5, 0.6) is 0 Å². The predicted octanol–water partition coefficient (Wildman–Crippen LogP) is 6.34. The number of hydrogen-bond acceptors (Lipinski definition) is 0.